The molecule has 0 radical (unpaired) electrons. The number of carbonyl (C=O) groups is 1. The number of nitrogens with two attached hydrogens (primary N) is 1. The lowest BCUT2D eigenvalue weighted by atomic mass is 9.96. The highest BCUT2D eigenvalue weighted by Crippen LogP contribution is 2.39. The van der Waals surface area contributed by atoms with Gasteiger partial charge in [-0.2, -0.15) is 0 Å². The summed E-state index contributed by atoms with van der Waals surface area (Å²) in [6, 6.07) is 12.5. The van der Waals surface area contributed by atoms with Gasteiger partial charge in [-0.25, -0.2) is 0 Å². The molecule has 0 aliphatic carbocycles. The van der Waals surface area contributed by atoms with E-state index in [1.165, 1.54) is 0 Å². The Balaban J connectivity index is 2.36. The minimum Gasteiger partial charge on any atom is -0.323 e. The van der Waals surface area contributed by atoms with Gasteiger partial charge in [0.25, 0.3) is 0 Å². The van der Waals surface area contributed by atoms with E-state index in [2.05, 4.69) is 5.32 Å². The molecule has 0 saturated carbocycles. The van der Waals surface area contributed by atoms with Crippen LogP contribution in [-0.4, -0.2) is 5.91 Å². The average Bonchev–Trinajstić information content (AvgIpc) is 2.49. The van der Waals surface area contributed by atoms with E-state index in [-0.39, 0.29) is 5.91 Å². The van der Waals surface area contributed by atoms with Gasteiger partial charge < -0.3 is 11.1 Å². The van der Waals surface area contributed by atoms with Gasteiger partial charge in [-0.05, 0) is 17.2 Å². The Bertz CT molecular complexity index is 639. The molecule has 18 heavy (non-hydrogen) atoms. The Labute approximate surface area is 110 Å². The highest BCUT2D eigenvalue weighted by Gasteiger charge is 2.26. The van der Waals surface area contributed by atoms with Crippen molar-refractivity contribution in [2.45, 2.75) is 6.04 Å². The number of halogens is 1. The van der Waals surface area contributed by atoms with Crippen molar-refractivity contribution in [3.8, 4) is 11.1 Å². The molecule has 1 aliphatic rings. The van der Waals surface area contributed by atoms with Gasteiger partial charge in [-0.1, -0.05) is 48.0 Å². The van der Waals surface area contributed by atoms with Gasteiger partial charge in [0, 0.05) is 5.56 Å². The summed E-state index contributed by atoms with van der Waals surface area (Å²) in [4.78, 5) is 12.0. The quantitative estimate of drug-likeness (QED) is 0.763. The Morgan fingerprint density at radius 3 is 2.61 bits per heavy atom. The molecule has 0 saturated heterocycles. The monoisotopic (exact) mass is 258 g/mol. The summed E-state index contributed by atoms with van der Waals surface area (Å²) in [6.45, 7) is 0. The zero-order chi connectivity index (χ0) is 12.7. The van der Waals surface area contributed by atoms with Gasteiger partial charge in [0.15, 0.2) is 0 Å². The lowest BCUT2D eigenvalue weighted by Gasteiger charge is -2.10. The van der Waals surface area contributed by atoms with Crippen LogP contribution < -0.4 is 11.1 Å². The summed E-state index contributed by atoms with van der Waals surface area (Å²) in [5.74, 6) is -0.241. The minimum absolute atomic E-state index is 0.241. The van der Waals surface area contributed by atoms with Crippen LogP contribution in [0.1, 0.15) is 11.6 Å². The summed E-state index contributed by atoms with van der Waals surface area (Å²) in [5, 5.41) is 3.31. The van der Waals surface area contributed by atoms with Crippen LogP contribution in [0.25, 0.3) is 11.1 Å². The largest absolute Gasteiger partial charge is 0.323 e. The van der Waals surface area contributed by atoms with Crippen LogP contribution in [0.2, 0.25) is 5.02 Å². The molecule has 3 N–H and O–H groups in total. The Kier molecular flexibility index (Phi) is 2.58. The van der Waals surface area contributed by atoms with Gasteiger partial charge in [0.2, 0.25) is 5.91 Å². The number of anilines is 1. The summed E-state index contributed by atoms with van der Waals surface area (Å²) in [6.07, 6.45) is 0. The van der Waals surface area contributed by atoms with E-state index in [1.54, 1.807) is 6.07 Å². The first-order chi connectivity index (χ1) is 8.68. The first kappa shape index (κ1) is 11.3. The van der Waals surface area contributed by atoms with Crippen molar-refractivity contribution < 1.29 is 4.79 Å². The molecule has 3 nitrogen and oxygen atoms in total. The first-order valence-corrected chi connectivity index (χ1v) is 6.00. The van der Waals surface area contributed by atoms with Crippen LogP contribution in [-0.2, 0) is 4.79 Å². The molecule has 90 valence electrons. The highest BCUT2D eigenvalue weighted by molar-refractivity contribution is 6.34. The van der Waals surface area contributed by atoms with Crippen LogP contribution in [0, 0.1) is 0 Å². The fraction of sp³-hybridized carbons (Fsp3) is 0.0714. The van der Waals surface area contributed by atoms with Crippen LogP contribution in [0.3, 0.4) is 0 Å². The van der Waals surface area contributed by atoms with E-state index in [9.17, 15) is 4.79 Å². The molecule has 1 heterocycles. The normalized spacial score (nSPS) is 17.4. The fourth-order valence-electron chi connectivity index (χ4n) is 2.23. The average molecular weight is 259 g/mol. The summed E-state index contributed by atoms with van der Waals surface area (Å²) in [7, 11) is 0. The number of nitrogens with one attached hydrogen (secondary N) is 1. The summed E-state index contributed by atoms with van der Waals surface area (Å²) in [5.41, 5.74) is 9.26. The maximum Gasteiger partial charge on any atom is 0.245 e. The third-order valence-corrected chi connectivity index (χ3v) is 3.45. The van der Waals surface area contributed by atoms with Gasteiger partial charge in [0.1, 0.15) is 6.04 Å². The number of para-hydroxylation sites is 1. The number of benzene rings is 2. The molecule has 0 fully saturated rings. The molecule has 2 aromatic rings. The minimum atomic E-state index is -0.676. The maximum absolute atomic E-state index is 12.0. The van der Waals surface area contributed by atoms with Gasteiger partial charge in [0.05, 0.1) is 10.7 Å². The summed E-state index contributed by atoms with van der Waals surface area (Å²) >= 11 is 6.14. The van der Waals surface area contributed by atoms with Gasteiger partial charge in [-0.15, -0.1) is 0 Å². The molecule has 0 bridgehead atoms. The van der Waals surface area contributed by atoms with Crippen molar-refractivity contribution in [1.29, 1.82) is 0 Å². The molecule has 0 aromatic heterocycles. The lowest BCUT2D eigenvalue weighted by molar-refractivity contribution is -0.117. The van der Waals surface area contributed by atoms with Crippen molar-refractivity contribution in [1.82, 2.24) is 0 Å². The van der Waals surface area contributed by atoms with E-state index < -0.39 is 6.04 Å². The molecular weight excluding hydrogens is 248 g/mol. The second-order valence-corrected chi connectivity index (χ2v) is 4.62. The smallest absolute Gasteiger partial charge is 0.245 e. The Morgan fingerprint density at radius 2 is 1.78 bits per heavy atom. The molecule has 4 heteroatoms. The highest BCUT2D eigenvalue weighted by atomic mass is 35.5. The van der Waals surface area contributed by atoms with Crippen molar-refractivity contribution in [2.24, 2.45) is 5.73 Å². The van der Waals surface area contributed by atoms with Crippen LogP contribution in [0.5, 0.6) is 0 Å². The third-order valence-electron chi connectivity index (χ3n) is 3.13. The van der Waals surface area contributed by atoms with Gasteiger partial charge >= 0.3 is 0 Å². The molecule has 3 rings (SSSR count). The zero-order valence-electron chi connectivity index (χ0n) is 9.48. The molecule has 1 amide bonds. The zero-order valence-corrected chi connectivity index (χ0v) is 10.2. The van der Waals surface area contributed by atoms with Crippen LogP contribution in [0.15, 0.2) is 42.5 Å². The van der Waals surface area contributed by atoms with Crippen molar-refractivity contribution in [2.75, 3.05) is 5.32 Å². The molecule has 1 unspecified atom stereocenters. The van der Waals surface area contributed by atoms with Crippen molar-refractivity contribution in [3.05, 3.63) is 53.1 Å². The molecule has 1 atom stereocenters. The van der Waals surface area contributed by atoms with Crippen molar-refractivity contribution >= 4 is 23.2 Å². The number of amides is 1. The number of fused-ring (bicyclic) bond motifs is 3. The number of hydrogen-bond acceptors (Lipinski definition) is 2. The SMILES string of the molecule is NC1C(=O)Nc2c(Cl)cccc2-c2ccccc21. The Morgan fingerprint density at radius 1 is 1.06 bits per heavy atom. The topological polar surface area (TPSA) is 55.1 Å². The fourth-order valence-corrected chi connectivity index (χ4v) is 2.45. The molecule has 0 spiro atoms. The molecule has 1 aliphatic heterocycles. The summed E-state index contributed by atoms with van der Waals surface area (Å²) < 4.78 is 0. The standard InChI is InChI=1S/C14H11ClN2O/c15-11-7-3-6-10-8-4-1-2-5-9(8)12(16)14(18)17-13(10)11/h1-7,12H,16H2,(H,17,18). The van der Waals surface area contributed by atoms with E-state index in [1.807, 2.05) is 36.4 Å². The number of rotatable bonds is 0. The predicted octanol–water partition coefficient (Wildman–Crippen LogP) is 2.96. The number of carbonyl (C=O) groups excluding carboxylic acids is 1. The third kappa shape index (κ3) is 1.60. The van der Waals surface area contributed by atoms with Gasteiger partial charge in [-0.3, -0.25) is 4.79 Å². The number of hydrogen-bond donors (Lipinski definition) is 2. The predicted molar refractivity (Wildman–Crippen MR) is 72.4 cm³/mol. The lowest BCUT2D eigenvalue weighted by Crippen LogP contribution is -2.26. The first-order valence-electron chi connectivity index (χ1n) is 5.63. The molecular formula is C14H11ClN2O. The van der Waals surface area contributed by atoms with E-state index >= 15 is 0 Å². The van der Waals surface area contributed by atoms with Crippen LogP contribution >= 0.6 is 11.6 Å². The van der Waals surface area contributed by atoms with E-state index in [0.29, 0.717) is 10.7 Å². The second-order valence-electron chi connectivity index (χ2n) is 4.22. The van der Waals surface area contributed by atoms with Crippen LogP contribution in [0.4, 0.5) is 5.69 Å². The van der Waals surface area contributed by atoms with Crippen molar-refractivity contribution in [3.63, 3.8) is 0 Å². The van der Waals surface area contributed by atoms with E-state index in [0.717, 1.165) is 16.7 Å². The Hall–Kier alpha value is -1.84. The maximum atomic E-state index is 12.0. The second kappa shape index (κ2) is 4.12. The molecule has 2 aromatic carbocycles. The van der Waals surface area contributed by atoms with E-state index in [4.69, 9.17) is 17.3 Å².